The van der Waals surface area contributed by atoms with Crippen molar-refractivity contribution >= 4 is 15.9 Å². The monoisotopic (exact) mass is 324 g/mol. The van der Waals surface area contributed by atoms with E-state index >= 15 is 0 Å². The molecule has 0 aliphatic rings. The highest BCUT2D eigenvalue weighted by Crippen LogP contribution is 2.37. The van der Waals surface area contributed by atoms with Gasteiger partial charge in [0, 0.05) is 17.3 Å². The Bertz CT molecular complexity index is 667. The van der Waals surface area contributed by atoms with Crippen molar-refractivity contribution in [2.24, 2.45) is 0 Å². The molecule has 2 N–H and O–H groups in total. The third-order valence-electron chi connectivity index (χ3n) is 2.68. The molecule has 0 unspecified atom stereocenters. The average Bonchev–Trinajstić information content (AvgIpc) is 2.40. The van der Waals surface area contributed by atoms with Crippen molar-refractivity contribution in [2.45, 2.75) is 13.3 Å². The van der Waals surface area contributed by atoms with Crippen molar-refractivity contribution in [2.75, 3.05) is 7.11 Å². The largest absolute Gasteiger partial charge is 0.503 e. The number of hydrogen-bond acceptors (Lipinski definition) is 4. The Balaban J connectivity index is 2.62. The summed E-state index contributed by atoms with van der Waals surface area (Å²) in [5, 5.41) is 9.76. The van der Waals surface area contributed by atoms with Crippen LogP contribution >= 0.6 is 15.9 Å². The number of ether oxygens (including phenoxy) is 1. The van der Waals surface area contributed by atoms with Gasteiger partial charge in [-0.05, 0) is 34.5 Å². The van der Waals surface area contributed by atoms with Crippen LogP contribution in [0.4, 0.5) is 0 Å². The first-order chi connectivity index (χ1) is 9.05. The summed E-state index contributed by atoms with van der Waals surface area (Å²) in [5.41, 5.74) is 1.17. The van der Waals surface area contributed by atoms with E-state index in [0.29, 0.717) is 33.7 Å². The Morgan fingerprint density at radius 1 is 1.42 bits per heavy atom. The van der Waals surface area contributed by atoms with E-state index in [4.69, 9.17) is 4.74 Å². The van der Waals surface area contributed by atoms with Gasteiger partial charge < -0.3 is 14.8 Å². The Kier molecular flexibility index (Phi) is 3.90. The zero-order valence-electron chi connectivity index (χ0n) is 10.5. The van der Waals surface area contributed by atoms with Gasteiger partial charge in [-0.15, -0.1) is 0 Å². The Morgan fingerprint density at radius 2 is 2.16 bits per heavy atom. The molecule has 0 fully saturated rings. The Labute approximate surface area is 118 Å². The second-order valence-electron chi connectivity index (χ2n) is 3.95. The molecule has 1 aromatic heterocycles. The molecule has 5 nitrogen and oxygen atoms in total. The molecule has 19 heavy (non-hydrogen) atoms. The van der Waals surface area contributed by atoms with Crippen molar-refractivity contribution in [3.63, 3.8) is 0 Å². The predicted molar refractivity (Wildman–Crippen MR) is 75.6 cm³/mol. The molecule has 2 aromatic rings. The number of hydrogen-bond donors (Lipinski definition) is 2. The SMILES string of the molecule is CCc1cc(=O)[nH]c(-c2cc(Br)c(O)c(OC)c2)n1. The van der Waals surface area contributed by atoms with Gasteiger partial charge in [-0.3, -0.25) is 4.79 Å². The first-order valence-electron chi connectivity index (χ1n) is 5.72. The van der Waals surface area contributed by atoms with Crippen LogP contribution in [0.5, 0.6) is 11.5 Å². The maximum absolute atomic E-state index is 11.6. The molecule has 0 aliphatic heterocycles. The van der Waals surface area contributed by atoms with E-state index in [9.17, 15) is 9.90 Å². The maximum atomic E-state index is 11.6. The van der Waals surface area contributed by atoms with Crippen LogP contribution in [0.25, 0.3) is 11.4 Å². The van der Waals surface area contributed by atoms with Crippen molar-refractivity contribution in [3.8, 4) is 22.9 Å². The third kappa shape index (κ3) is 2.78. The van der Waals surface area contributed by atoms with Gasteiger partial charge in [0.25, 0.3) is 5.56 Å². The number of nitrogens with zero attached hydrogens (tertiary/aromatic N) is 1. The number of halogens is 1. The van der Waals surface area contributed by atoms with Crippen LogP contribution in [0.2, 0.25) is 0 Å². The van der Waals surface area contributed by atoms with E-state index < -0.39 is 0 Å². The lowest BCUT2D eigenvalue weighted by Gasteiger charge is -2.09. The zero-order chi connectivity index (χ0) is 14.0. The van der Waals surface area contributed by atoms with E-state index in [2.05, 4.69) is 25.9 Å². The second kappa shape index (κ2) is 5.44. The van der Waals surface area contributed by atoms with Crippen molar-refractivity contribution < 1.29 is 9.84 Å². The van der Waals surface area contributed by atoms with Gasteiger partial charge in [0.2, 0.25) is 0 Å². The molecular weight excluding hydrogens is 312 g/mol. The number of aromatic amines is 1. The number of nitrogens with one attached hydrogen (secondary N) is 1. The van der Waals surface area contributed by atoms with Gasteiger partial charge in [0.15, 0.2) is 11.5 Å². The summed E-state index contributed by atoms with van der Waals surface area (Å²) in [7, 11) is 1.46. The fourth-order valence-electron chi connectivity index (χ4n) is 1.69. The summed E-state index contributed by atoms with van der Waals surface area (Å²) in [5.74, 6) is 0.775. The minimum absolute atomic E-state index is 0.0141. The Hall–Kier alpha value is -1.82. The fraction of sp³-hybridized carbons (Fsp3) is 0.231. The summed E-state index contributed by atoms with van der Waals surface area (Å²) in [6.07, 6.45) is 0.674. The van der Waals surface area contributed by atoms with Crippen LogP contribution in [-0.4, -0.2) is 22.2 Å². The number of aromatic hydroxyl groups is 1. The fourth-order valence-corrected chi connectivity index (χ4v) is 2.13. The molecule has 1 heterocycles. The molecule has 100 valence electrons. The standard InChI is InChI=1S/C13H13BrN2O3/c1-3-8-6-11(17)16-13(15-8)7-4-9(14)12(18)10(5-7)19-2/h4-6,18H,3H2,1-2H3,(H,15,16,17). The highest BCUT2D eigenvalue weighted by Gasteiger charge is 2.11. The van der Waals surface area contributed by atoms with E-state index in [1.54, 1.807) is 12.1 Å². The summed E-state index contributed by atoms with van der Waals surface area (Å²) in [6, 6.07) is 4.77. The number of aromatic nitrogens is 2. The van der Waals surface area contributed by atoms with E-state index in [1.807, 2.05) is 6.92 Å². The summed E-state index contributed by atoms with van der Waals surface area (Å²) in [6.45, 7) is 1.93. The minimum Gasteiger partial charge on any atom is -0.503 e. The highest BCUT2D eigenvalue weighted by molar-refractivity contribution is 9.10. The predicted octanol–water partition coefficient (Wildman–Crippen LogP) is 2.48. The number of phenols is 1. The van der Waals surface area contributed by atoms with Gasteiger partial charge in [0.1, 0.15) is 5.82 Å². The molecule has 0 atom stereocenters. The first-order valence-corrected chi connectivity index (χ1v) is 6.51. The normalized spacial score (nSPS) is 10.5. The van der Waals surface area contributed by atoms with Gasteiger partial charge in [-0.25, -0.2) is 4.98 Å². The van der Waals surface area contributed by atoms with Crippen LogP contribution in [-0.2, 0) is 6.42 Å². The summed E-state index contributed by atoms with van der Waals surface area (Å²) < 4.78 is 5.55. The molecule has 0 saturated heterocycles. The van der Waals surface area contributed by atoms with Crippen molar-refractivity contribution in [3.05, 3.63) is 38.7 Å². The molecular formula is C13H13BrN2O3. The highest BCUT2D eigenvalue weighted by atomic mass is 79.9. The third-order valence-corrected chi connectivity index (χ3v) is 3.28. The molecule has 0 bridgehead atoms. The van der Waals surface area contributed by atoms with Gasteiger partial charge in [-0.1, -0.05) is 6.92 Å². The number of H-pyrrole nitrogens is 1. The zero-order valence-corrected chi connectivity index (χ0v) is 12.1. The maximum Gasteiger partial charge on any atom is 0.251 e. The van der Waals surface area contributed by atoms with Crippen LogP contribution in [0.1, 0.15) is 12.6 Å². The smallest absolute Gasteiger partial charge is 0.251 e. The van der Waals surface area contributed by atoms with Crippen LogP contribution < -0.4 is 10.3 Å². The van der Waals surface area contributed by atoms with E-state index in [1.165, 1.54) is 13.2 Å². The molecule has 6 heteroatoms. The molecule has 2 rings (SSSR count). The Morgan fingerprint density at radius 3 is 2.79 bits per heavy atom. The van der Waals surface area contributed by atoms with Crippen LogP contribution in [0.15, 0.2) is 27.5 Å². The van der Waals surface area contributed by atoms with E-state index in [0.717, 1.165) is 0 Å². The molecule has 0 aliphatic carbocycles. The molecule has 0 saturated carbocycles. The average molecular weight is 325 g/mol. The van der Waals surface area contributed by atoms with Gasteiger partial charge in [-0.2, -0.15) is 0 Å². The molecule has 0 amide bonds. The quantitative estimate of drug-likeness (QED) is 0.909. The summed E-state index contributed by atoms with van der Waals surface area (Å²) in [4.78, 5) is 18.6. The van der Waals surface area contributed by atoms with Gasteiger partial charge in [0.05, 0.1) is 11.6 Å². The summed E-state index contributed by atoms with van der Waals surface area (Å²) >= 11 is 3.24. The first kappa shape index (κ1) is 13.6. The van der Waals surface area contributed by atoms with Gasteiger partial charge >= 0.3 is 0 Å². The lowest BCUT2D eigenvalue weighted by Crippen LogP contribution is -2.10. The lowest BCUT2D eigenvalue weighted by atomic mass is 10.2. The molecule has 1 aromatic carbocycles. The molecule has 0 spiro atoms. The van der Waals surface area contributed by atoms with E-state index in [-0.39, 0.29) is 11.3 Å². The molecule has 0 radical (unpaired) electrons. The lowest BCUT2D eigenvalue weighted by molar-refractivity contribution is 0.372. The number of benzene rings is 1. The second-order valence-corrected chi connectivity index (χ2v) is 4.80. The number of methoxy groups -OCH3 is 1. The van der Waals surface area contributed by atoms with Crippen molar-refractivity contribution in [1.82, 2.24) is 9.97 Å². The minimum atomic E-state index is -0.204. The van der Waals surface area contributed by atoms with Crippen LogP contribution in [0.3, 0.4) is 0 Å². The number of rotatable bonds is 3. The topological polar surface area (TPSA) is 75.2 Å². The van der Waals surface area contributed by atoms with Crippen LogP contribution in [0, 0.1) is 0 Å². The number of aryl methyl sites for hydroxylation is 1. The number of phenolic OH excluding ortho intramolecular Hbond substituents is 1. The van der Waals surface area contributed by atoms with Crippen molar-refractivity contribution in [1.29, 1.82) is 0 Å².